The topological polar surface area (TPSA) is 90.9 Å². The number of methoxy groups -OCH3 is 1. The van der Waals surface area contributed by atoms with Crippen molar-refractivity contribution in [2.24, 2.45) is 5.92 Å². The maximum atomic E-state index is 14.3. The molecule has 188 valence electrons. The lowest BCUT2D eigenvalue weighted by Crippen LogP contribution is -2.43. The molecule has 4 rings (SSSR count). The first-order valence-electron chi connectivity index (χ1n) is 12.2. The number of ether oxygens (including phenoxy) is 3. The van der Waals surface area contributed by atoms with Gasteiger partial charge in [0.1, 0.15) is 11.7 Å². The zero-order valence-corrected chi connectivity index (χ0v) is 21.0. The van der Waals surface area contributed by atoms with Crippen LogP contribution in [0, 0.1) is 5.92 Å². The summed E-state index contributed by atoms with van der Waals surface area (Å²) in [6, 6.07) is 16.8. The molecule has 0 amide bonds. The number of Topliss-reactive ketones (excluding diaryl/α,β-unsaturated/α-hetero) is 1. The normalized spacial score (nSPS) is 21.4. The lowest BCUT2D eigenvalue weighted by Gasteiger charge is -2.39. The zero-order chi connectivity index (χ0) is 25.8. The van der Waals surface area contributed by atoms with E-state index in [1.165, 1.54) is 0 Å². The minimum atomic E-state index is -1.07. The lowest BCUT2D eigenvalue weighted by molar-refractivity contribution is -0.152. The van der Waals surface area contributed by atoms with E-state index in [1.807, 2.05) is 61.5 Å². The van der Waals surface area contributed by atoms with Gasteiger partial charge in [-0.05, 0) is 44.4 Å². The predicted octanol–water partition coefficient (Wildman–Crippen LogP) is 4.41. The molecule has 0 saturated heterocycles. The number of carbonyl (C=O) groups excluding carboxylic acids is 3. The van der Waals surface area contributed by atoms with E-state index in [2.05, 4.69) is 5.32 Å². The molecule has 0 spiro atoms. The predicted molar refractivity (Wildman–Crippen MR) is 134 cm³/mol. The average molecular weight is 490 g/mol. The Balaban J connectivity index is 1.91. The Morgan fingerprint density at radius 2 is 1.64 bits per heavy atom. The fourth-order valence-electron chi connectivity index (χ4n) is 5.26. The van der Waals surface area contributed by atoms with Crippen LogP contribution in [0.15, 0.2) is 77.1 Å². The van der Waals surface area contributed by atoms with E-state index in [4.69, 9.17) is 14.2 Å². The van der Waals surface area contributed by atoms with Crippen molar-refractivity contribution >= 4 is 17.7 Å². The third-order valence-corrected chi connectivity index (χ3v) is 6.73. The van der Waals surface area contributed by atoms with Gasteiger partial charge in [-0.3, -0.25) is 9.59 Å². The molecule has 1 aliphatic carbocycles. The summed E-state index contributed by atoms with van der Waals surface area (Å²) < 4.78 is 16.3. The van der Waals surface area contributed by atoms with E-state index < -0.39 is 29.7 Å². The van der Waals surface area contributed by atoms with Crippen molar-refractivity contribution < 1.29 is 28.6 Å². The number of dihydropyridines is 1. The summed E-state index contributed by atoms with van der Waals surface area (Å²) in [7, 11) is 1.57. The first kappa shape index (κ1) is 25.2. The fourth-order valence-corrected chi connectivity index (χ4v) is 5.26. The van der Waals surface area contributed by atoms with Crippen LogP contribution in [0.5, 0.6) is 5.75 Å². The highest BCUT2D eigenvalue weighted by Crippen LogP contribution is 2.49. The van der Waals surface area contributed by atoms with Crippen molar-refractivity contribution in [3.8, 4) is 5.75 Å². The van der Waals surface area contributed by atoms with Gasteiger partial charge in [0, 0.05) is 28.8 Å². The van der Waals surface area contributed by atoms with Crippen LogP contribution < -0.4 is 10.1 Å². The van der Waals surface area contributed by atoms with Crippen LogP contribution in [0.4, 0.5) is 0 Å². The van der Waals surface area contributed by atoms with Crippen molar-refractivity contribution in [2.45, 2.75) is 39.0 Å². The van der Waals surface area contributed by atoms with E-state index in [0.29, 0.717) is 34.7 Å². The number of hydrogen-bond acceptors (Lipinski definition) is 7. The van der Waals surface area contributed by atoms with Gasteiger partial charge in [0.2, 0.25) is 0 Å². The summed E-state index contributed by atoms with van der Waals surface area (Å²) in [5.41, 5.74) is 3.63. The summed E-state index contributed by atoms with van der Waals surface area (Å²) >= 11 is 0. The first-order chi connectivity index (χ1) is 17.4. The van der Waals surface area contributed by atoms with Crippen LogP contribution >= 0.6 is 0 Å². The fraction of sp³-hybridized carbons (Fsp3) is 0.345. The van der Waals surface area contributed by atoms with Gasteiger partial charge in [0.05, 0.1) is 25.9 Å². The number of para-hydroxylation sites is 1. The Kier molecular flexibility index (Phi) is 7.58. The first-order valence-corrected chi connectivity index (χ1v) is 12.2. The Labute approximate surface area is 211 Å². The minimum absolute atomic E-state index is 0.153. The monoisotopic (exact) mass is 489 g/mol. The molecule has 3 atom stereocenters. The Morgan fingerprint density at radius 1 is 0.972 bits per heavy atom. The molecule has 36 heavy (non-hydrogen) atoms. The smallest absolute Gasteiger partial charge is 0.336 e. The third kappa shape index (κ3) is 4.53. The number of esters is 2. The van der Waals surface area contributed by atoms with Gasteiger partial charge in [-0.15, -0.1) is 0 Å². The van der Waals surface area contributed by atoms with Gasteiger partial charge in [-0.25, -0.2) is 4.79 Å². The van der Waals surface area contributed by atoms with Crippen LogP contribution in [0.2, 0.25) is 0 Å². The molecular weight excluding hydrogens is 458 g/mol. The molecule has 7 nitrogen and oxygen atoms in total. The quantitative estimate of drug-likeness (QED) is 0.455. The molecule has 0 bridgehead atoms. The summed E-state index contributed by atoms with van der Waals surface area (Å²) in [6.07, 6.45) is 0.377. The number of rotatable bonds is 7. The lowest BCUT2D eigenvalue weighted by atomic mass is 9.67. The van der Waals surface area contributed by atoms with Gasteiger partial charge in [-0.2, -0.15) is 0 Å². The number of hydrogen-bond donors (Lipinski definition) is 1. The second-order valence-corrected chi connectivity index (χ2v) is 8.77. The molecule has 0 radical (unpaired) electrons. The number of ketones is 1. The van der Waals surface area contributed by atoms with Gasteiger partial charge in [0.25, 0.3) is 0 Å². The van der Waals surface area contributed by atoms with Crippen molar-refractivity contribution in [3.05, 3.63) is 88.3 Å². The number of carbonyl (C=O) groups is 3. The van der Waals surface area contributed by atoms with Crippen LogP contribution in [0.1, 0.15) is 50.2 Å². The van der Waals surface area contributed by atoms with E-state index in [-0.39, 0.29) is 19.0 Å². The highest BCUT2D eigenvalue weighted by atomic mass is 16.5. The summed E-state index contributed by atoms with van der Waals surface area (Å²) in [4.78, 5) is 40.6. The van der Waals surface area contributed by atoms with Crippen LogP contribution in [0.3, 0.4) is 0 Å². The summed E-state index contributed by atoms with van der Waals surface area (Å²) in [5, 5.41) is 3.31. The molecule has 0 saturated carbocycles. The van der Waals surface area contributed by atoms with Crippen molar-refractivity contribution in [1.29, 1.82) is 0 Å². The number of benzene rings is 2. The van der Waals surface area contributed by atoms with Crippen LogP contribution in [-0.4, -0.2) is 38.0 Å². The summed E-state index contributed by atoms with van der Waals surface area (Å²) in [5.74, 6) is -3.06. The number of nitrogens with one attached hydrogen (secondary N) is 1. The summed E-state index contributed by atoms with van der Waals surface area (Å²) in [6.45, 7) is 5.63. The Hall–Kier alpha value is -3.87. The molecule has 1 N–H and O–H groups in total. The highest BCUT2D eigenvalue weighted by Gasteiger charge is 2.49. The SMILES string of the molecule is CCOC(=O)C1=C(C)NC2=C(C(=O)[C@@H](C(=O)OCC)[C@@H](c3ccccc3OC)C2)[C@@H]1c1ccccc1. The maximum absolute atomic E-state index is 14.3. The molecule has 2 aromatic rings. The van der Waals surface area contributed by atoms with Crippen LogP contribution in [0.25, 0.3) is 0 Å². The van der Waals surface area contributed by atoms with Gasteiger partial charge in [0.15, 0.2) is 5.78 Å². The molecular formula is C29H31NO6. The van der Waals surface area contributed by atoms with E-state index in [1.54, 1.807) is 21.0 Å². The second kappa shape index (κ2) is 10.8. The molecule has 2 aromatic carbocycles. The standard InChI is InChI=1S/C29H31NO6/c1-5-35-28(32)23-17(3)30-21-16-20(19-14-10-11-15-22(19)34-4)25(29(33)36-6-2)27(31)26(21)24(23)18-12-8-7-9-13-18/h7-15,20,24-25,30H,5-6,16H2,1-4H3/t20-,24-,25+/m1/s1. The second-order valence-electron chi connectivity index (χ2n) is 8.77. The van der Waals surface area contributed by atoms with E-state index in [9.17, 15) is 14.4 Å². The molecule has 2 aliphatic rings. The zero-order valence-electron chi connectivity index (χ0n) is 21.0. The van der Waals surface area contributed by atoms with Crippen molar-refractivity contribution in [2.75, 3.05) is 20.3 Å². The maximum Gasteiger partial charge on any atom is 0.336 e. The van der Waals surface area contributed by atoms with Crippen molar-refractivity contribution in [1.82, 2.24) is 5.32 Å². The van der Waals surface area contributed by atoms with Crippen molar-refractivity contribution in [3.63, 3.8) is 0 Å². The van der Waals surface area contributed by atoms with E-state index >= 15 is 0 Å². The largest absolute Gasteiger partial charge is 0.496 e. The molecule has 0 aromatic heterocycles. The molecule has 0 unspecified atom stereocenters. The highest BCUT2D eigenvalue weighted by molar-refractivity contribution is 6.13. The third-order valence-electron chi connectivity index (χ3n) is 6.73. The Morgan fingerprint density at radius 3 is 2.31 bits per heavy atom. The molecule has 0 fully saturated rings. The number of allylic oxidation sites excluding steroid dienone is 3. The van der Waals surface area contributed by atoms with Gasteiger partial charge >= 0.3 is 11.9 Å². The van der Waals surface area contributed by atoms with Gasteiger partial charge < -0.3 is 19.5 Å². The van der Waals surface area contributed by atoms with Crippen LogP contribution in [-0.2, 0) is 23.9 Å². The molecule has 1 aliphatic heterocycles. The molecule has 1 heterocycles. The molecule has 7 heteroatoms. The van der Waals surface area contributed by atoms with E-state index in [0.717, 1.165) is 11.1 Å². The van der Waals surface area contributed by atoms with Gasteiger partial charge in [-0.1, -0.05) is 48.5 Å². The minimum Gasteiger partial charge on any atom is -0.496 e. The average Bonchev–Trinajstić information content (AvgIpc) is 2.88. The Bertz CT molecular complexity index is 1230.